The largest absolute Gasteiger partial charge is 0.397 e. The number of nitrogens with zero attached hydrogens (tertiary/aromatic N) is 1. The standard InChI is InChI=1S/C12H19FN2O/c1-9(2)16-7-6-15(3)12-8-10(13)4-5-11(12)14/h4-5,8-9H,6-7,14H2,1-3H3. The molecule has 3 nitrogen and oxygen atoms in total. The summed E-state index contributed by atoms with van der Waals surface area (Å²) < 4.78 is 18.5. The van der Waals surface area contributed by atoms with Crippen LogP contribution in [-0.4, -0.2) is 26.3 Å². The Bertz CT molecular complexity index is 342. The van der Waals surface area contributed by atoms with E-state index in [-0.39, 0.29) is 11.9 Å². The number of rotatable bonds is 5. The highest BCUT2D eigenvalue weighted by Gasteiger charge is 2.06. The van der Waals surface area contributed by atoms with Crippen LogP contribution in [0.5, 0.6) is 0 Å². The normalized spacial score (nSPS) is 10.8. The molecule has 0 aliphatic heterocycles. The predicted octanol–water partition coefficient (Wildman–Crippen LogP) is 2.27. The van der Waals surface area contributed by atoms with Crippen molar-refractivity contribution in [3.8, 4) is 0 Å². The van der Waals surface area contributed by atoms with Crippen LogP contribution >= 0.6 is 0 Å². The number of nitrogens with two attached hydrogens (primary N) is 1. The molecule has 0 heterocycles. The summed E-state index contributed by atoms with van der Waals surface area (Å²) in [6.07, 6.45) is 0.207. The Hall–Kier alpha value is -1.29. The molecule has 16 heavy (non-hydrogen) atoms. The fourth-order valence-electron chi connectivity index (χ4n) is 1.39. The second-order valence-electron chi connectivity index (χ2n) is 4.04. The van der Waals surface area contributed by atoms with E-state index in [4.69, 9.17) is 10.5 Å². The first kappa shape index (κ1) is 12.8. The summed E-state index contributed by atoms with van der Waals surface area (Å²) in [6.45, 7) is 5.25. The second-order valence-corrected chi connectivity index (χ2v) is 4.04. The van der Waals surface area contributed by atoms with Crippen LogP contribution in [0.2, 0.25) is 0 Å². The number of nitrogen functional groups attached to an aromatic ring is 1. The van der Waals surface area contributed by atoms with E-state index in [9.17, 15) is 4.39 Å². The van der Waals surface area contributed by atoms with Gasteiger partial charge in [0.2, 0.25) is 0 Å². The van der Waals surface area contributed by atoms with E-state index in [0.29, 0.717) is 24.5 Å². The number of hydrogen-bond donors (Lipinski definition) is 1. The summed E-state index contributed by atoms with van der Waals surface area (Å²) in [6, 6.07) is 4.37. The number of hydrogen-bond acceptors (Lipinski definition) is 3. The van der Waals surface area contributed by atoms with Gasteiger partial charge in [0, 0.05) is 13.6 Å². The van der Waals surface area contributed by atoms with Crippen LogP contribution in [0.1, 0.15) is 13.8 Å². The summed E-state index contributed by atoms with van der Waals surface area (Å²) >= 11 is 0. The first-order valence-electron chi connectivity index (χ1n) is 5.38. The van der Waals surface area contributed by atoms with Gasteiger partial charge >= 0.3 is 0 Å². The number of likely N-dealkylation sites (N-methyl/N-ethyl adjacent to an activating group) is 1. The van der Waals surface area contributed by atoms with Crippen LogP contribution in [0.3, 0.4) is 0 Å². The Kier molecular flexibility index (Phi) is 4.55. The van der Waals surface area contributed by atoms with Crippen molar-refractivity contribution < 1.29 is 9.13 Å². The summed E-state index contributed by atoms with van der Waals surface area (Å²) in [5, 5.41) is 0. The molecule has 4 heteroatoms. The zero-order valence-electron chi connectivity index (χ0n) is 10.0. The molecule has 0 saturated carbocycles. The lowest BCUT2D eigenvalue weighted by Gasteiger charge is -2.21. The predicted molar refractivity (Wildman–Crippen MR) is 65.2 cm³/mol. The minimum absolute atomic E-state index is 0.207. The van der Waals surface area contributed by atoms with Gasteiger partial charge < -0.3 is 15.4 Å². The fraction of sp³-hybridized carbons (Fsp3) is 0.500. The van der Waals surface area contributed by atoms with Crippen LogP contribution in [0.4, 0.5) is 15.8 Å². The molecular weight excluding hydrogens is 207 g/mol. The third kappa shape index (κ3) is 3.70. The van der Waals surface area contributed by atoms with Crippen LogP contribution in [0.25, 0.3) is 0 Å². The van der Waals surface area contributed by atoms with Gasteiger partial charge in [-0.15, -0.1) is 0 Å². The van der Waals surface area contributed by atoms with E-state index in [0.717, 1.165) is 0 Å². The molecule has 0 unspecified atom stereocenters. The molecule has 0 bridgehead atoms. The maximum absolute atomic E-state index is 13.0. The lowest BCUT2D eigenvalue weighted by Crippen LogP contribution is -2.24. The third-order valence-electron chi connectivity index (χ3n) is 2.28. The van der Waals surface area contributed by atoms with Gasteiger partial charge in [-0.1, -0.05) is 0 Å². The second kappa shape index (κ2) is 5.70. The number of anilines is 2. The summed E-state index contributed by atoms with van der Waals surface area (Å²) in [4.78, 5) is 1.89. The van der Waals surface area contributed by atoms with Crippen molar-refractivity contribution in [1.82, 2.24) is 0 Å². The molecule has 1 aromatic rings. The molecule has 0 aliphatic rings. The number of halogens is 1. The quantitative estimate of drug-likeness (QED) is 0.783. The maximum atomic E-state index is 13.0. The molecule has 0 amide bonds. The van der Waals surface area contributed by atoms with Crippen LogP contribution in [0, 0.1) is 5.82 Å². The average Bonchev–Trinajstić information content (AvgIpc) is 2.21. The van der Waals surface area contributed by atoms with Gasteiger partial charge in [0.15, 0.2) is 0 Å². The minimum atomic E-state index is -0.277. The molecular formula is C12H19FN2O. The molecule has 0 radical (unpaired) electrons. The summed E-state index contributed by atoms with van der Waals surface area (Å²) in [5.74, 6) is -0.277. The Balaban J connectivity index is 2.58. The van der Waals surface area contributed by atoms with Crippen molar-refractivity contribution in [3.63, 3.8) is 0 Å². The maximum Gasteiger partial charge on any atom is 0.125 e. The Labute approximate surface area is 96.0 Å². The molecule has 1 rings (SSSR count). The molecule has 0 spiro atoms. The number of ether oxygens (including phenoxy) is 1. The zero-order chi connectivity index (χ0) is 12.1. The van der Waals surface area contributed by atoms with E-state index >= 15 is 0 Å². The molecule has 0 fully saturated rings. The lowest BCUT2D eigenvalue weighted by molar-refractivity contribution is 0.0846. The Morgan fingerprint density at radius 2 is 2.12 bits per heavy atom. The topological polar surface area (TPSA) is 38.5 Å². The highest BCUT2D eigenvalue weighted by molar-refractivity contribution is 5.67. The molecule has 0 aromatic heterocycles. The molecule has 1 aromatic carbocycles. The molecule has 0 atom stereocenters. The van der Waals surface area contributed by atoms with E-state index in [1.165, 1.54) is 12.1 Å². The van der Waals surface area contributed by atoms with Gasteiger partial charge in [0.25, 0.3) is 0 Å². The van der Waals surface area contributed by atoms with Crippen LogP contribution in [-0.2, 0) is 4.74 Å². The van der Waals surface area contributed by atoms with Gasteiger partial charge in [0.1, 0.15) is 5.82 Å². The van der Waals surface area contributed by atoms with Crippen molar-refractivity contribution in [2.24, 2.45) is 0 Å². The Morgan fingerprint density at radius 3 is 2.75 bits per heavy atom. The van der Waals surface area contributed by atoms with Crippen molar-refractivity contribution in [2.45, 2.75) is 20.0 Å². The van der Waals surface area contributed by atoms with E-state index in [1.54, 1.807) is 6.07 Å². The zero-order valence-corrected chi connectivity index (χ0v) is 10.0. The van der Waals surface area contributed by atoms with Gasteiger partial charge in [-0.25, -0.2) is 4.39 Å². The highest BCUT2D eigenvalue weighted by Crippen LogP contribution is 2.22. The summed E-state index contributed by atoms with van der Waals surface area (Å²) in [5.41, 5.74) is 7.05. The van der Waals surface area contributed by atoms with Gasteiger partial charge in [0.05, 0.1) is 24.1 Å². The van der Waals surface area contributed by atoms with Crippen molar-refractivity contribution in [2.75, 3.05) is 30.8 Å². The van der Waals surface area contributed by atoms with Crippen LogP contribution < -0.4 is 10.6 Å². The van der Waals surface area contributed by atoms with Crippen LogP contribution in [0.15, 0.2) is 18.2 Å². The first-order valence-corrected chi connectivity index (χ1v) is 5.38. The number of benzene rings is 1. The smallest absolute Gasteiger partial charge is 0.125 e. The molecule has 0 saturated heterocycles. The van der Waals surface area contributed by atoms with E-state index in [1.807, 2.05) is 25.8 Å². The third-order valence-corrected chi connectivity index (χ3v) is 2.28. The lowest BCUT2D eigenvalue weighted by atomic mass is 10.2. The van der Waals surface area contributed by atoms with Gasteiger partial charge in [-0.2, -0.15) is 0 Å². The average molecular weight is 226 g/mol. The monoisotopic (exact) mass is 226 g/mol. The van der Waals surface area contributed by atoms with Crippen molar-refractivity contribution in [1.29, 1.82) is 0 Å². The van der Waals surface area contributed by atoms with E-state index < -0.39 is 0 Å². The van der Waals surface area contributed by atoms with Crippen molar-refractivity contribution in [3.05, 3.63) is 24.0 Å². The van der Waals surface area contributed by atoms with E-state index in [2.05, 4.69) is 0 Å². The molecule has 0 aliphatic carbocycles. The highest BCUT2D eigenvalue weighted by atomic mass is 19.1. The first-order chi connectivity index (χ1) is 7.50. The van der Waals surface area contributed by atoms with Gasteiger partial charge in [-0.05, 0) is 32.0 Å². The molecule has 2 N–H and O–H groups in total. The van der Waals surface area contributed by atoms with Crippen molar-refractivity contribution >= 4 is 11.4 Å². The SMILES string of the molecule is CC(C)OCCN(C)c1cc(F)ccc1N. The Morgan fingerprint density at radius 1 is 1.44 bits per heavy atom. The van der Waals surface area contributed by atoms with Gasteiger partial charge in [-0.3, -0.25) is 0 Å². The fourth-order valence-corrected chi connectivity index (χ4v) is 1.39. The summed E-state index contributed by atoms with van der Waals surface area (Å²) in [7, 11) is 1.87. The minimum Gasteiger partial charge on any atom is -0.397 e. The molecule has 90 valence electrons.